The molecule has 2 aromatic rings. The molecule has 0 aliphatic rings. The van der Waals surface area contributed by atoms with Gasteiger partial charge in [0.2, 0.25) is 0 Å². The van der Waals surface area contributed by atoms with Crippen LogP contribution in [0, 0.1) is 0 Å². The van der Waals surface area contributed by atoms with Crippen LogP contribution in [0.4, 0.5) is 4.79 Å². The molecule has 0 radical (unpaired) electrons. The van der Waals surface area contributed by atoms with Crippen LogP contribution in [-0.2, 0) is 22.6 Å². The van der Waals surface area contributed by atoms with Crippen LogP contribution >= 0.6 is 0 Å². The number of amides is 2. The molecule has 0 aliphatic carbocycles. The monoisotopic (exact) mass is 385 g/mol. The predicted octanol–water partition coefficient (Wildman–Crippen LogP) is 2.42. The molecule has 0 spiro atoms. The van der Waals surface area contributed by atoms with E-state index in [9.17, 15) is 9.59 Å². The number of rotatable bonds is 7. The van der Waals surface area contributed by atoms with E-state index in [2.05, 4.69) is 5.32 Å². The van der Waals surface area contributed by atoms with Gasteiger partial charge in [0.1, 0.15) is 18.0 Å². The number of hydrogen-bond acceptors (Lipinski definition) is 4. The molecule has 2 amide bonds. The first kappa shape index (κ1) is 21.4. The summed E-state index contributed by atoms with van der Waals surface area (Å²) in [6.07, 6.45) is -0.225. The molecule has 0 bridgehead atoms. The van der Waals surface area contributed by atoms with Crippen LogP contribution in [0.25, 0.3) is 0 Å². The Morgan fingerprint density at radius 2 is 1.64 bits per heavy atom. The lowest BCUT2D eigenvalue weighted by Gasteiger charge is -2.22. The molecule has 150 valence electrons. The molecule has 0 fully saturated rings. The van der Waals surface area contributed by atoms with E-state index < -0.39 is 17.7 Å². The predicted molar refractivity (Wildman–Crippen MR) is 107 cm³/mol. The van der Waals surface area contributed by atoms with Crippen molar-refractivity contribution < 1.29 is 24.4 Å². The van der Waals surface area contributed by atoms with Crippen LogP contribution in [0.3, 0.4) is 0 Å². The second-order valence-electron chi connectivity index (χ2n) is 7.51. The van der Waals surface area contributed by atoms with E-state index in [4.69, 9.17) is 9.47 Å². The maximum atomic E-state index is 12.2. The number of carbonyl (C=O) groups excluding carboxylic acids is 2. The Hall–Kier alpha value is -2.86. The maximum Gasteiger partial charge on any atom is 0.408 e. The highest BCUT2D eigenvalue weighted by molar-refractivity contribution is 5.79. The molecule has 2 rings (SSSR count). The van der Waals surface area contributed by atoms with Crippen LogP contribution in [0.2, 0.25) is 0 Å². The van der Waals surface area contributed by atoms with Gasteiger partial charge in [0.25, 0.3) is 0 Å². The highest BCUT2D eigenvalue weighted by atomic mass is 16.6. The highest BCUT2D eigenvalue weighted by Gasteiger charge is 2.26. The van der Waals surface area contributed by atoms with Crippen LogP contribution in [0.15, 0.2) is 54.6 Å². The maximum absolute atomic E-state index is 12.2. The number of hydrogen-bond donors (Lipinski definition) is 2. The van der Waals surface area contributed by atoms with Gasteiger partial charge in [0.15, 0.2) is 6.04 Å². The van der Waals surface area contributed by atoms with Gasteiger partial charge in [0.05, 0.1) is 7.05 Å². The molecular weight excluding hydrogens is 356 g/mol. The topological polar surface area (TPSA) is 81.2 Å². The normalized spacial score (nSPS) is 12.1. The van der Waals surface area contributed by atoms with Crippen LogP contribution in [0.5, 0.6) is 5.75 Å². The first-order valence-corrected chi connectivity index (χ1v) is 9.35. The summed E-state index contributed by atoms with van der Waals surface area (Å²) in [4.78, 5) is 24.2. The van der Waals surface area contributed by atoms with Crippen molar-refractivity contribution >= 4 is 12.0 Å². The Morgan fingerprint density at radius 3 is 2.21 bits per heavy atom. The summed E-state index contributed by atoms with van der Waals surface area (Å²) in [6, 6.07) is 16.8. The van der Waals surface area contributed by atoms with Crippen LogP contribution in [0.1, 0.15) is 31.9 Å². The smallest absolute Gasteiger partial charge is 0.408 e. The Balaban J connectivity index is 1.96. The summed E-state index contributed by atoms with van der Waals surface area (Å²) >= 11 is 0. The summed E-state index contributed by atoms with van der Waals surface area (Å²) in [5, 5.41) is 4.12. The fourth-order valence-corrected chi connectivity index (χ4v) is 2.57. The standard InChI is InChI=1S/C22H28N2O4/c1-22(2,3)28-21(26)24-19(20(25)23-4)14-16-10-12-18(13-11-16)27-15-17-8-6-5-7-9-17/h5-13,19H,14-15H2,1-4H3,(H,23,25)(H,24,26)/p+1. The molecule has 0 aromatic heterocycles. The van der Waals surface area contributed by atoms with Crippen LogP contribution < -0.4 is 15.4 Å². The minimum atomic E-state index is -0.670. The Morgan fingerprint density at radius 1 is 1.00 bits per heavy atom. The van der Waals surface area contributed by atoms with Crippen molar-refractivity contribution in [1.82, 2.24) is 5.32 Å². The lowest BCUT2D eigenvalue weighted by Crippen LogP contribution is -2.88. The molecule has 28 heavy (non-hydrogen) atoms. The molecule has 0 aliphatic heterocycles. The number of ether oxygens (including phenoxy) is 2. The Labute approximate surface area is 166 Å². The first-order chi connectivity index (χ1) is 13.3. The van der Waals surface area contributed by atoms with Crippen molar-refractivity contribution in [3.63, 3.8) is 0 Å². The first-order valence-electron chi connectivity index (χ1n) is 9.35. The number of nitrogens with two attached hydrogens (primary N) is 1. The third kappa shape index (κ3) is 7.40. The third-order valence-corrected chi connectivity index (χ3v) is 3.93. The number of carbonyl (C=O) groups is 2. The van der Waals surface area contributed by atoms with E-state index in [1.807, 2.05) is 54.6 Å². The summed E-state index contributed by atoms with van der Waals surface area (Å²) in [7, 11) is 1.66. The molecule has 1 unspecified atom stereocenters. The molecular formula is C22H29N2O4+. The quantitative estimate of drug-likeness (QED) is 0.767. The van der Waals surface area contributed by atoms with Gasteiger partial charge in [-0.25, -0.2) is 9.59 Å². The van der Waals surface area contributed by atoms with Gasteiger partial charge in [-0.3, -0.25) is 5.32 Å². The number of alkyl carbamates (subject to hydrolysis) is 1. The second-order valence-corrected chi connectivity index (χ2v) is 7.51. The zero-order chi connectivity index (χ0) is 20.6. The van der Waals surface area contributed by atoms with Gasteiger partial charge in [-0.1, -0.05) is 42.5 Å². The van der Waals surface area contributed by atoms with Gasteiger partial charge >= 0.3 is 12.0 Å². The van der Waals surface area contributed by atoms with E-state index in [1.54, 1.807) is 27.8 Å². The minimum absolute atomic E-state index is 0.157. The summed E-state index contributed by atoms with van der Waals surface area (Å²) < 4.78 is 11.0. The third-order valence-electron chi connectivity index (χ3n) is 3.93. The number of primary amides is 1. The van der Waals surface area contributed by atoms with Crippen molar-refractivity contribution in [2.24, 2.45) is 0 Å². The SMILES string of the molecule is C[NH2+]C(=O)C(Cc1ccc(OCc2ccccc2)cc1)NC(=O)OC(C)(C)C. The van der Waals surface area contributed by atoms with Crippen molar-refractivity contribution in [2.45, 2.75) is 45.4 Å². The lowest BCUT2D eigenvalue weighted by molar-refractivity contribution is -0.540. The van der Waals surface area contributed by atoms with Crippen LogP contribution in [-0.4, -0.2) is 30.7 Å². The average molecular weight is 385 g/mol. The van der Waals surface area contributed by atoms with Crippen molar-refractivity contribution in [1.29, 1.82) is 0 Å². The summed E-state index contributed by atoms with van der Waals surface area (Å²) in [5.74, 6) is 0.591. The zero-order valence-corrected chi connectivity index (χ0v) is 16.9. The molecule has 6 nitrogen and oxygen atoms in total. The summed E-state index contributed by atoms with van der Waals surface area (Å²) in [6.45, 7) is 5.84. The molecule has 0 saturated carbocycles. The molecule has 2 aromatic carbocycles. The largest absolute Gasteiger partial charge is 0.489 e. The minimum Gasteiger partial charge on any atom is -0.489 e. The van der Waals surface area contributed by atoms with Gasteiger partial charge < -0.3 is 14.8 Å². The van der Waals surface area contributed by atoms with E-state index in [0.717, 1.165) is 16.9 Å². The highest BCUT2D eigenvalue weighted by Crippen LogP contribution is 2.15. The van der Waals surface area contributed by atoms with Crippen molar-refractivity contribution in [3.8, 4) is 5.75 Å². The molecule has 0 saturated heterocycles. The second kappa shape index (κ2) is 9.90. The van der Waals surface area contributed by atoms with E-state index in [-0.39, 0.29) is 5.91 Å². The molecule has 3 N–H and O–H groups in total. The number of quaternary nitrogens is 1. The van der Waals surface area contributed by atoms with Gasteiger partial charge in [-0.15, -0.1) is 0 Å². The van der Waals surface area contributed by atoms with Gasteiger partial charge in [-0.05, 0) is 44.0 Å². The molecule has 0 heterocycles. The lowest BCUT2D eigenvalue weighted by atomic mass is 10.1. The number of likely N-dealkylation sites (N-methyl/N-ethyl adjacent to an activating group) is 1. The van der Waals surface area contributed by atoms with Gasteiger partial charge in [0, 0.05) is 6.42 Å². The molecule has 6 heteroatoms. The van der Waals surface area contributed by atoms with Crippen molar-refractivity contribution in [3.05, 3.63) is 65.7 Å². The fourth-order valence-electron chi connectivity index (χ4n) is 2.57. The van der Waals surface area contributed by atoms with E-state index >= 15 is 0 Å². The zero-order valence-electron chi connectivity index (χ0n) is 16.9. The van der Waals surface area contributed by atoms with E-state index in [1.165, 1.54) is 5.32 Å². The summed E-state index contributed by atoms with van der Waals surface area (Å²) in [5.41, 5.74) is 1.39. The molecule has 1 atom stereocenters. The Bertz CT molecular complexity index is 767. The number of nitrogens with one attached hydrogen (secondary N) is 1. The van der Waals surface area contributed by atoms with Gasteiger partial charge in [-0.2, -0.15) is 0 Å². The average Bonchev–Trinajstić information content (AvgIpc) is 2.65. The van der Waals surface area contributed by atoms with E-state index in [0.29, 0.717) is 13.0 Å². The fraction of sp³-hybridized carbons (Fsp3) is 0.364. The van der Waals surface area contributed by atoms with Crippen molar-refractivity contribution in [2.75, 3.05) is 7.05 Å². The Kier molecular flexibility index (Phi) is 7.58. The number of benzene rings is 2.